The first-order valence-electron chi connectivity index (χ1n) is 9.41. The van der Waals surface area contributed by atoms with Crippen LogP contribution in [0.3, 0.4) is 0 Å². The van der Waals surface area contributed by atoms with Crippen LogP contribution in [0.25, 0.3) is 11.3 Å². The molecule has 0 bridgehead atoms. The van der Waals surface area contributed by atoms with Crippen molar-refractivity contribution in [1.82, 2.24) is 19.4 Å². The molecule has 9 heteroatoms. The number of hydrogen-bond donors (Lipinski definition) is 0. The van der Waals surface area contributed by atoms with Crippen LogP contribution in [0.1, 0.15) is 42.5 Å². The molecule has 0 unspecified atom stereocenters. The Balaban J connectivity index is 1.82. The van der Waals surface area contributed by atoms with Crippen LogP contribution in [0.4, 0.5) is 0 Å². The number of benzene rings is 1. The van der Waals surface area contributed by atoms with Gasteiger partial charge in [-0.3, -0.25) is 0 Å². The highest BCUT2D eigenvalue weighted by Gasteiger charge is 2.37. The van der Waals surface area contributed by atoms with E-state index in [-0.39, 0.29) is 4.90 Å². The predicted molar refractivity (Wildman–Crippen MR) is 109 cm³/mol. The second-order valence-corrected chi connectivity index (χ2v) is 9.46. The maximum Gasteiger partial charge on any atom is 0.243 e. The number of aryl methyl sites for hydroxylation is 2. The van der Waals surface area contributed by atoms with Gasteiger partial charge in [0.15, 0.2) is 5.76 Å². The van der Waals surface area contributed by atoms with Gasteiger partial charge in [0, 0.05) is 23.8 Å². The van der Waals surface area contributed by atoms with Gasteiger partial charge in [0.1, 0.15) is 5.82 Å². The Kier molecular flexibility index (Phi) is 5.42. The Morgan fingerprint density at radius 3 is 2.76 bits per heavy atom. The summed E-state index contributed by atoms with van der Waals surface area (Å²) in [6.07, 6.45) is 4.04. The summed E-state index contributed by atoms with van der Waals surface area (Å²) in [5, 5.41) is 4.33. The third kappa shape index (κ3) is 3.92. The van der Waals surface area contributed by atoms with Crippen LogP contribution in [0.15, 0.2) is 45.9 Å². The number of hydrogen-bond acceptors (Lipinski definition) is 6. The number of halogens is 1. The van der Waals surface area contributed by atoms with Gasteiger partial charge in [0.2, 0.25) is 10.0 Å². The molecule has 1 saturated heterocycles. The maximum atomic E-state index is 13.4. The zero-order chi connectivity index (χ0) is 20.6. The fourth-order valence-corrected chi connectivity index (χ4v) is 5.61. The highest BCUT2D eigenvalue weighted by molar-refractivity contribution is 7.89. The van der Waals surface area contributed by atoms with E-state index in [0.29, 0.717) is 40.8 Å². The first-order valence-corrected chi connectivity index (χ1v) is 11.2. The second kappa shape index (κ2) is 7.85. The van der Waals surface area contributed by atoms with E-state index in [2.05, 4.69) is 15.1 Å². The minimum Gasteiger partial charge on any atom is -0.356 e. The minimum atomic E-state index is -3.75. The number of rotatable bonds is 4. The molecule has 1 aromatic carbocycles. The first kappa shape index (κ1) is 20.0. The van der Waals surface area contributed by atoms with Gasteiger partial charge < -0.3 is 4.52 Å². The van der Waals surface area contributed by atoms with E-state index < -0.39 is 16.1 Å². The van der Waals surface area contributed by atoms with E-state index in [0.717, 1.165) is 18.5 Å². The third-order valence-corrected chi connectivity index (χ3v) is 7.14. The summed E-state index contributed by atoms with van der Waals surface area (Å²) in [6, 6.07) is 7.73. The summed E-state index contributed by atoms with van der Waals surface area (Å²) >= 11 is 6.05. The Hall–Kier alpha value is -2.29. The Morgan fingerprint density at radius 1 is 1.21 bits per heavy atom. The molecule has 7 nitrogen and oxygen atoms in total. The van der Waals surface area contributed by atoms with Crippen molar-refractivity contribution in [2.45, 2.75) is 44.0 Å². The molecule has 2 aromatic heterocycles. The molecular formula is C20H21ClN4O3S. The van der Waals surface area contributed by atoms with Gasteiger partial charge in [0.05, 0.1) is 27.9 Å². The molecule has 0 radical (unpaired) electrons. The summed E-state index contributed by atoms with van der Waals surface area (Å²) < 4.78 is 33.8. The van der Waals surface area contributed by atoms with Gasteiger partial charge in [-0.15, -0.1) is 0 Å². The monoisotopic (exact) mass is 432 g/mol. The van der Waals surface area contributed by atoms with Gasteiger partial charge in [0.25, 0.3) is 0 Å². The van der Waals surface area contributed by atoms with Crippen molar-refractivity contribution in [3.63, 3.8) is 0 Å². The molecule has 1 atom stereocenters. The Labute approximate surface area is 174 Å². The molecule has 0 saturated carbocycles. The van der Waals surface area contributed by atoms with E-state index in [4.69, 9.17) is 16.1 Å². The van der Waals surface area contributed by atoms with E-state index >= 15 is 0 Å². The van der Waals surface area contributed by atoms with Crippen molar-refractivity contribution in [3.05, 3.63) is 58.8 Å². The first-order chi connectivity index (χ1) is 13.9. The molecule has 1 aliphatic rings. The van der Waals surface area contributed by atoms with Crippen LogP contribution in [0, 0.1) is 13.8 Å². The molecule has 1 fully saturated rings. The van der Waals surface area contributed by atoms with Gasteiger partial charge in [-0.05, 0) is 44.9 Å². The van der Waals surface area contributed by atoms with Gasteiger partial charge in [-0.2, -0.15) is 4.31 Å². The Bertz CT molecular complexity index is 1150. The van der Waals surface area contributed by atoms with Crippen LogP contribution < -0.4 is 0 Å². The summed E-state index contributed by atoms with van der Waals surface area (Å²) in [6.45, 7) is 4.03. The molecule has 1 aliphatic heterocycles. The molecule has 0 aliphatic carbocycles. The molecule has 0 amide bonds. The third-order valence-electron chi connectivity index (χ3n) is 5.00. The average molecular weight is 433 g/mol. The fraction of sp³-hybridized carbons (Fsp3) is 0.350. The van der Waals surface area contributed by atoms with E-state index in [1.165, 1.54) is 10.4 Å². The zero-order valence-electron chi connectivity index (χ0n) is 16.2. The lowest BCUT2D eigenvalue weighted by molar-refractivity contribution is 0.251. The summed E-state index contributed by atoms with van der Waals surface area (Å²) in [7, 11) is -3.75. The highest BCUT2D eigenvalue weighted by Crippen LogP contribution is 2.39. The van der Waals surface area contributed by atoms with Gasteiger partial charge >= 0.3 is 0 Å². The van der Waals surface area contributed by atoms with Crippen LogP contribution in [-0.4, -0.2) is 34.4 Å². The van der Waals surface area contributed by atoms with Crippen molar-refractivity contribution in [2.24, 2.45) is 0 Å². The summed E-state index contributed by atoms with van der Waals surface area (Å²) in [5.74, 6) is 1.11. The van der Waals surface area contributed by atoms with Crippen LogP contribution >= 0.6 is 11.6 Å². The molecule has 152 valence electrons. The van der Waals surface area contributed by atoms with E-state index in [1.54, 1.807) is 37.4 Å². The SMILES string of the molecule is Cc1cc(-c2cnc(C)nc2[C@H]2CCCCN2S(=O)(=O)c2cccc(Cl)c2)on1. The number of sulfonamides is 1. The van der Waals surface area contributed by atoms with Gasteiger partial charge in [-0.25, -0.2) is 18.4 Å². The van der Waals surface area contributed by atoms with Crippen LogP contribution in [0.2, 0.25) is 5.02 Å². The molecular weight excluding hydrogens is 412 g/mol. The molecule has 3 heterocycles. The number of aromatic nitrogens is 3. The maximum absolute atomic E-state index is 13.4. The topological polar surface area (TPSA) is 89.2 Å². The molecule has 0 N–H and O–H groups in total. The van der Waals surface area contributed by atoms with Crippen molar-refractivity contribution in [3.8, 4) is 11.3 Å². The Morgan fingerprint density at radius 2 is 2.03 bits per heavy atom. The quantitative estimate of drug-likeness (QED) is 0.610. The van der Waals surface area contributed by atoms with Crippen LogP contribution in [-0.2, 0) is 10.0 Å². The normalized spacial score (nSPS) is 18.1. The fourth-order valence-electron chi connectivity index (χ4n) is 3.65. The smallest absolute Gasteiger partial charge is 0.243 e. The van der Waals surface area contributed by atoms with Crippen molar-refractivity contribution < 1.29 is 12.9 Å². The minimum absolute atomic E-state index is 0.180. The predicted octanol–water partition coefficient (Wildman–Crippen LogP) is 4.32. The number of piperidine rings is 1. The highest BCUT2D eigenvalue weighted by atomic mass is 35.5. The lowest BCUT2D eigenvalue weighted by Crippen LogP contribution is -2.39. The lowest BCUT2D eigenvalue weighted by atomic mass is 9.98. The average Bonchev–Trinajstić information content (AvgIpc) is 3.14. The second-order valence-electron chi connectivity index (χ2n) is 7.13. The van der Waals surface area contributed by atoms with Crippen LogP contribution in [0.5, 0.6) is 0 Å². The molecule has 4 rings (SSSR count). The molecule has 29 heavy (non-hydrogen) atoms. The zero-order valence-corrected chi connectivity index (χ0v) is 17.7. The van der Waals surface area contributed by atoms with Crippen molar-refractivity contribution in [2.75, 3.05) is 6.54 Å². The summed E-state index contributed by atoms with van der Waals surface area (Å²) in [5.41, 5.74) is 2.03. The summed E-state index contributed by atoms with van der Waals surface area (Å²) in [4.78, 5) is 9.10. The molecule has 3 aromatic rings. The molecule has 0 spiro atoms. The lowest BCUT2D eigenvalue weighted by Gasteiger charge is -2.35. The van der Waals surface area contributed by atoms with Crippen molar-refractivity contribution in [1.29, 1.82) is 0 Å². The van der Waals surface area contributed by atoms with E-state index in [9.17, 15) is 8.42 Å². The largest absolute Gasteiger partial charge is 0.356 e. The van der Waals surface area contributed by atoms with E-state index in [1.807, 2.05) is 6.92 Å². The standard InChI is InChI=1S/C20H21ClN4O3S/c1-13-10-19(28-24-13)17-12-22-14(2)23-20(17)18-8-3-4-9-25(18)29(26,27)16-7-5-6-15(21)11-16/h5-7,10-12,18H,3-4,8-9H2,1-2H3/t18-/m1/s1. The number of nitrogens with zero attached hydrogens (tertiary/aromatic N) is 4. The van der Waals surface area contributed by atoms with Crippen molar-refractivity contribution >= 4 is 21.6 Å². The van der Waals surface area contributed by atoms with Gasteiger partial charge in [-0.1, -0.05) is 29.2 Å².